The molecule has 2 aromatic rings. The number of halogens is 2. The molecule has 1 N–H and O–H groups in total. The van der Waals surface area contributed by atoms with Crippen LogP contribution in [-0.2, 0) is 20.7 Å². The Kier molecular flexibility index (Phi) is 10.1. The number of likely N-dealkylation sites (tertiary alicyclic amines) is 1. The maximum absolute atomic E-state index is 12.7. The third-order valence-corrected chi connectivity index (χ3v) is 7.66. The quantitative estimate of drug-likeness (QED) is 0.191. The number of amides is 1. The third kappa shape index (κ3) is 8.51. The summed E-state index contributed by atoms with van der Waals surface area (Å²) < 4.78 is 13.5. The van der Waals surface area contributed by atoms with Crippen molar-refractivity contribution in [3.63, 3.8) is 0 Å². The highest BCUT2D eigenvalue weighted by Crippen LogP contribution is 2.40. The first kappa shape index (κ1) is 29.1. The summed E-state index contributed by atoms with van der Waals surface area (Å²) in [7, 11) is 0. The van der Waals surface area contributed by atoms with Gasteiger partial charge in [0.15, 0.2) is 0 Å². The first-order valence-corrected chi connectivity index (χ1v) is 13.5. The Morgan fingerprint density at radius 3 is 2.35 bits per heavy atom. The Labute approximate surface area is 231 Å². The zero-order valence-electron chi connectivity index (χ0n) is 21.1. The van der Waals surface area contributed by atoms with E-state index in [4.69, 9.17) is 32.7 Å². The van der Waals surface area contributed by atoms with Crippen molar-refractivity contribution in [2.24, 2.45) is 4.58 Å². The van der Waals surface area contributed by atoms with Crippen molar-refractivity contribution in [2.45, 2.75) is 56.8 Å². The minimum Gasteiger partial charge on any atom is -0.465 e. The molecule has 1 amide bonds. The van der Waals surface area contributed by atoms with Crippen LogP contribution in [0.5, 0.6) is 0 Å². The van der Waals surface area contributed by atoms with Crippen LogP contribution in [0, 0.1) is 4.91 Å². The van der Waals surface area contributed by atoms with Crippen molar-refractivity contribution in [3.8, 4) is 0 Å². The lowest BCUT2D eigenvalue weighted by Crippen LogP contribution is -2.47. The van der Waals surface area contributed by atoms with Crippen LogP contribution in [0.4, 0.5) is 16.2 Å². The zero-order valence-corrected chi connectivity index (χ0v) is 23.4. The minimum atomic E-state index is -0.577. The van der Waals surface area contributed by atoms with Crippen LogP contribution < -0.4 is 5.32 Å². The van der Waals surface area contributed by atoms with Gasteiger partial charge in [-0.2, -0.15) is 0 Å². The van der Waals surface area contributed by atoms with Gasteiger partial charge in [-0.1, -0.05) is 47.5 Å². The maximum atomic E-state index is 12.7. The number of hydrogen-bond donors (Lipinski definition) is 1. The molecule has 0 spiro atoms. The van der Waals surface area contributed by atoms with Crippen LogP contribution >= 0.6 is 35.1 Å². The molecule has 200 valence electrons. The number of benzene rings is 2. The molecule has 0 bridgehead atoms. The lowest BCUT2D eigenvalue weighted by Gasteiger charge is -2.39. The maximum Gasteiger partial charge on any atom is 0.410 e. The van der Waals surface area contributed by atoms with E-state index in [1.54, 1.807) is 23.1 Å². The molecule has 1 heterocycles. The van der Waals surface area contributed by atoms with Crippen LogP contribution in [0.25, 0.3) is 0 Å². The van der Waals surface area contributed by atoms with Crippen molar-refractivity contribution in [2.75, 3.05) is 25.0 Å². The monoisotopic (exact) mass is 567 g/mol. The van der Waals surface area contributed by atoms with E-state index in [1.165, 1.54) is 0 Å². The van der Waals surface area contributed by atoms with Crippen LogP contribution in [0.2, 0.25) is 10.0 Å². The molecule has 0 atom stereocenters. The van der Waals surface area contributed by atoms with Gasteiger partial charge in [-0.25, -0.2) is 4.79 Å². The first-order chi connectivity index (χ1) is 17.5. The van der Waals surface area contributed by atoms with Crippen molar-refractivity contribution >= 4 is 58.6 Å². The molecule has 1 saturated heterocycles. The summed E-state index contributed by atoms with van der Waals surface area (Å²) in [5.74, 6) is -0.398. The van der Waals surface area contributed by atoms with Gasteiger partial charge in [0.2, 0.25) is 0 Å². The minimum absolute atomic E-state index is 0.0454. The normalized spacial score (nSPS) is 15.1. The summed E-state index contributed by atoms with van der Waals surface area (Å²) in [6.45, 7) is 6.48. The lowest BCUT2D eigenvalue weighted by atomic mass is 9.93. The molecule has 1 fully saturated rings. The summed E-state index contributed by atoms with van der Waals surface area (Å²) in [4.78, 5) is 37.8. The summed E-state index contributed by atoms with van der Waals surface area (Å²) in [6.07, 6.45) is 1.22. The van der Waals surface area contributed by atoms with Gasteiger partial charge in [0, 0.05) is 40.1 Å². The molecule has 0 saturated carbocycles. The van der Waals surface area contributed by atoms with Gasteiger partial charge in [-0.15, -0.1) is 4.91 Å². The van der Waals surface area contributed by atoms with Gasteiger partial charge in [0.25, 0.3) is 0 Å². The number of carbonyl (C=O) groups excluding carboxylic acids is 2. The zero-order chi connectivity index (χ0) is 27.1. The number of piperidine rings is 1. The molecule has 0 unspecified atom stereocenters. The molecule has 0 radical (unpaired) electrons. The van der Waals surface area contributed by atoms with Crippen LogP contribution in [0.1, 0.15) is 45.6 Å². The fourth-order valence-electron chi connectivity index (χ4n) is 3.99. The number of ether oxygens (including phenoxy) is 2. The second-order valence-corrected chi connectivity index (χ2v) is 11.9. The average molecular weight is 569 g/mol. The third-order valence-electron chi connectivity index (χ3n) is 5.95. The van der Waals surface area contributed by atoms with Gasteiger partial charge in [-0.3, -0.25) is 4.79 Å². The first-order valence-electron chi connectivity index (χ1n) is 12.0. The molecule has 1 aliphatic rings. The Morgan fingerprint density at radius 1 is 1.08 bits per heavy atom. The number of nitroso groups, excluding NO2 is 1. The molecule has 11 heteroatoms. The van der Waals surface area contributed by atoms with Gasteiger partial charge >= 0.3 is 12.1 Å². The Morgan fingerprint density at radius 2 is 1.73 bits per heavy atom. The van der Waals surface area contributed by atoms with Crippen LogP contribution in [0.3, 0.4) is 0 Å². The van der Waals surface area contributed by atoms with E-state index < -0.39 is 16.3 Å². The van der Waals surface area contributed by atoms with Gasteiger partial charge in [-0.05, 0) is 63.8 Å². The van der Waals surface area contributed by atoms with Gasteiger partial charge in [0.1, 0.15) is 5.60 Å². The van der Waals surface area contributed by atoms with E-state index in [1.807, 2.05) is 45.0 Å². The fourth-order valence-corrected chi connectivity index (χ4v) is 5.18. The topological polar surface area (TPSA) is 97.3 Å². The van der Waals surface area contributed by atoms with Crippen molar-refractivity contribution in [3.05, 3.63) is 63.0 Å². The van der Waals surface area contributed by atoms with E-state index in [-0.39, 0.29) is 19.1 Å². The number of nitrogens with one attached hydrogen (secondary N) is 1. The molecule has 2 aromatic carbocycles. The van der Waals surface area contributed by atoms with Crippen LogP contribution in [-0.4, -0.2) is 47.0 Å². The standard InChI is InChI=1S/C26H31Cl2N3O5S/c1-25(2,3)36-24(33)31-14-11-26(12-15-31,37-30-34)13-16-35-22(32)17-18-7-4-5-10-21(18)29-23-19(27)8-6-9-20(23)28/h4-10,29H,11-17H2,1-3H3. The molecule has 1 aliphatic heterocycles. The highest BCUT2D eigenvalue weighted by Gasteiger charge is 2.38. The van der Waals surface area contributed by atoms with Crippen molar-refractivity contribution < 1.29 is 19.1 Å². The fraction of sp³-hybridized carbons (Fsp3) is 0.462. The van der Waals surface area contributed by atoms with Crippen molar-refractivity contribution in [1.82, 2.24) is 4.90 Å². The van der Waals surface area contributed by atoms with Gasteiger partial charge in [0.05, 0.1) is 28.8 Å². The highest BCUT2D eigenvalue weighted by atomic mass is 35.5. The number of carbonyl (C=O) groups is 2. The number of esters is 1. The predicted molar refractivity (Wildman–Crippen MR) is 149 cm³/mol. The molecule has 3 rings (SSSR count). The molecule has 0 aliphatic carbocycles. The predicted octanol–water partition coefficient (Wildman–Crippen LogP) is 7.40. The number of rotatable bonds is 9. The molecule has 8 nitrogen and oxygen atoms in total. The van der Waals surface area contributed by atoms with E-state index in [0.29, 0.717) is 53.8 Å². The Hall–Kier alpha value is -2.49. The SMILES string of the molecule is CC(C)(C)OC(=O)N1CCC(CCOC(=O)Cc2ccccc2Nc2c(Cl)cccc2Cl)(SN=O)CC1. The summed E-state index contributed by atoms with van der Waals surface area (Å²) in [6, 6.07) is 12.6. The summed E-state index contributed by atoms with van der Waals surface area (Å²) >= 11 is 13.5. The molecular weight excluding hydrogens is 537 g/mol. The second-order valence-electron chi connectivity index (χ2n) is 9.84. The molecular formula is C26H31Cl2N3O5S. The largest absolute Gasteiger partial charge is 0.465 e. The molecule has 0 aromatic heterocycles. The molecule has 37 heavy (non-hydrogen) atoms. The van der Waals surface area contributed by atoms with Gasteiger partial charge < -0.3 is 19.7 Å². The number of para-hydroxylation sites is 2. The van der Waals surface area contributed by atoms with E-state index in [9.17, 15) is 14.5 Å². The number of nitrogens with zero attached hydrogens (tertiary/aromatic N) is 2. The summed E-state index contributed by atoms with van der Waals surface area (Å²) in [5.41, 5.74) is 1.41. The number of anilines is 2. The lowest BCUT2D eigenvalue weighted by molar-refractivity contribution is -0.143. The Bertz CT molecular complexity index is 1100. The smallest absolute Gasteiger partial charge is 0.410 e. The highest BCUT2D eigenvalue weighted by molar-refractivity contribution is 7.99. The second kappa shape index (κ2) is 12.8. The number of hydrogen-bond acceptors (Lipinski definition) is 8. The van der Waals surface area contributed by atoms with Crippen molar-refractivity contribution in [1.29, 1.82) is 0 Å². The Balaban J connectivity index is 1.55. The van der Waals surface area contributed by atoms with Crippen LogP contribution in [0.15, 0.2) is 47.0 Å². The van der Waals surface area contributed by atoms with E-state index in [2.05, 4.69) is 9.90 Å². The average Bonchev–Trinajstić information content (AvgIpc) is 2.82. The summed E-state index contributed by atoms with van der Waals surface area (Å²) in [5, 5.41) is 4.14. The van der Waals surface area contributed by atoms with E-state index >= 15 is 0 Å². The van der Waals surface area contributed by atoms with E-state index in [0.717, 1.165) is 17.5 Å².